The van der Waals surface area contributed by atoms with E-state index in [2.05, 4.69) is 4.90 Å². The quantitative estimate of drug-likeness (QED) is 0.830. The Kier molecular flexibility index (Phi) is 5.83. The smallest absolute Gasteiger partial charge is 0.310 e. The summed E-state index contributed by atoms with van der Waals surface area (Å²) in [5.74, 6) is -0.708. The summed E-state index contributed by atoms with van der Waals surface area (Å²) >= 11 is 5.85. The Morgan fingerprint density at radius 2 is 1.79 bits per heavy atom. The van der Waals surface area contributed by atoms with Crippen molar-refractivity contribution in [3.63, 3.8) is 0 Å². The molecule has 0 amide bonds. The summed E-state index contributed by atoms with van der Waals surface area (Å²) in [4.78, 5) is 13.5. The SMILES string of the molecule is CCC(CC)(CN(C)Cc1ccc(Cl)cc1)C(=O)O. The standard InChI is InChI=1S/C15H22ClNO2/c1-4-15(5-2,14(18)19)11-17(3)10-12-6-8-13(16)9-7-12/h6-9H,4-5,10-11H2,1-3H3,(H,18,19). The highest BCUT2D eigenvalue weighted by atomic mass is 35.5. The zero-order valence-corrected chi connectivity index (χ0v) is 12.6. The largest absolute Gasteiger partial charge is 0.481 e. The molecule has 0 saturated carbocycles. The van der Waals surface area contributed by atoms with Gasteiger partial charge < -0.3 is 10.0 Å². The first-order valence-electron chi connectivity index (χ1n) is 6.60. The molecule has 1 aromatic rings. The minimum atomic E-state index is -0.708. The second-order valence-corrected chi connectivity index (χ2v) is 5.53. The molecule has 0 saturated heterocycles. The lowest BCUT2D eigenvalue weighted by Crippen LogP contribution is -2.40. The van der Waals surface area contributed by atoms with Crippen LogP contribution in [0.5, 0.6) is 0 Å². The van der Waals surface area contributed by atoms with Crippen molar-refractivity contribution in [2.75, 3.05) is 13.6 Å². The monoisotopic (exact) mass is 283 g/mol. The fourth-order valence-corrected chi connectivity index (χ4v) is 2.44. The van der Waals surface area contributed by atoms with Gasteiger partial charge in [-0.25, -0.2) is 0 Å². The van der Waals surface area contributed by atoms with Crippen molar-refractivity contribution < 1.29 is 9.90 Å². The number of carboxylic acids is 1. The van der Waals surface area contributed by atoms with Crippen molar-refractivity contribution in [3.05, 3.63) is 34.9 Å². The summed E-state index contributed by atoms with van der Waals surface area (Å²) in [5, 5.41) is 10.1. The van der Waals surface area contributed by atoms with Crippen molar-refractivity contribution in [2.24, 2.45) is 5.41 Å². The molecule has 19 heavy (non-hydrogen) atoms. The van der Waals surface area contributed by atoms with Crippen LogP contribution in [-0.2, 0) is 11.3 Å². The van der Waals surface area contributed by atoms with Gasteiger partial charge in [0.05, 0.1) is 5.41 Å². The second-order valence-electron chi connectivity index (χ2n) is 5.09. The van der Waals surface area contributed by atoms with Crippen LogP contribution in [0.15, 0.2) is 24.3 Å². The molecule has 1 N–H and O–H groups in total. The van der Waals surface area contributed by atoms with E-state index in [4.69, 9.17) is 11.6 Å². The molecule has 0 spiro atoms. The van der Waals surface area contributed by atoms with E-state index in [1.54, 1.807) is 0 Å². The number of carboxylic acid groups (broad SMARTS) is 1. The normalized spacial score (nSPS) is 11.8. The van der Waals surface area contributed by atoms with Gasteiger partial charge in [-0.1, -0.05) is 37.6 Å². The molecule has 0 fully saturated rings. The third kappa shape index (κ3) is 4.22. The highest BCUT2D eigenvalue weighted by molar-refractivity contribution is 6.30. The van der Waals surface area contributed by atoms with Crippen molar-refractivity contribution in [3.8, 4) is 0 Å². The lowest BCUT2D eigenvalue weighted by Gasteiger charge is -2.31. The van der Waals surface area contributed by atoms with Crippen LogP contribution in [0.2, 0.25) is 5.02 Å². The zero-order valence-electron chi connectivity index (χ0n) is 11.8. The molecular formula is C15H22ClNO2. The average molecular weight is 284 g/mol. The molecular weight excluding hydrogens is 262 g/mol. The zero-order chi connectivity index (χ0) is 14.5. The van der Waals surface area contributed by atoms with Gasteiger partial charge in [-0.2, -0.15) is 0 Å². The van der Waals surface area contributed by atoms with E-state index in [0.717, 1.165) is 12.1 Å². The third-order valence-corrected chi connectivity index (χ3v) is 4.00. The Labute approximate surface area is 120 Å². The van der Waals surface area contributed by atoms with E-state index in [1.165, 1.54) is 0 Å². The first kappa shape index (κ1) is 16.0. The van der Waals surface area contributed by atoms with E-state index in [0.29, 0.717) is 24.4 Å². The number of halogens is 1. The Bertz CT molecular complexity index is 413. The minimum absolute atomic E-state index is 0.554. The number of carbonyl (C=O) groups is 1. The maximum absolute atomic E-state index is 11.5. The molecule has 0 aliphatic carbocycles. The predicted molar refractivity (Wildman–Crippen MR) is 78.4 cm³/mol. The molecule has 0 radical (unpaired) electrons. The predicted octanol–water partition coefficient (Wildman–Crippen LogP) is 3.66. The van der Waals surface area contributed by atoms with Gasteiger partial charge in [0.1, 0.15) is 0 Å². The van der Waals surface area contributed by atoms with E-state index < -0.39 is 11.4 Å². The van der Waals surface area contributed by atoms with Crippen molar-refractivity contribution in [2.45, 2.75) is 33.2 Å². The van der Waals surface area contributed by atoms with E-state index >= 15 is 0 Å². The van der Waals surface area contributed by atoms with Crippen LogP contribution >= 0.6 is 11.6 Å². The number of benzene rings is 1. The van der Waals surface area contributed by atoms with Crippen LogP contribution in [-0.4, -0.2) is 29.6 Å². The fraction of sp³-hybridized carbons (Fsp3) is 0.533. The summed E-state index contributed by atoms with van der Waals surface area (Å²) in [7, 11) is 1.96. The van der Waals surface area contributed by atoms with E-state index in [9.17, 15) is 9.90 Å². The maximum Gasteiger partial charge on any atom is 0.310 e. The molecule has 106 valence electrons. The van der Waals surface area contributed by atoms with Crippen molar-refractivity contribution in [1.29, 1.82) is 0 Å². The van der Waals surface area contributed by atoms with Crippen molar-refractivity contribution >= 4 is 17.6 Å². The van der Waals surface area contributed by atoms with Gasteiger partial charge in [0, 0.05) is 18.1 Å². The summed E-state index contributed by atoms with van der Waals surface area (Å²) in [5.41, 5.74) is 0.486. The Morgan fingerprint density at radius 1 is 1.26 bits per heavy atom. The lowest BCUT2D eigenvalue weighted by atomic mass is 9.82. The van der Waals surface area contributed by atoms with Crippen LogP contribution in [0.3, 0.4) is 0 Å². The summed E-state index contributed by atoms with van der Waals surface area (Å²) in [6, 6.07) is 7.65. The molecule has 1 aromatic carbocycles. The molecule has 0 heterocycles. The molecule has 0 aliphatic heterocycles. The van der Waals surface area contributed by atoms with Crippen molar-refractivity contribution in [1.82, 2.24) is 4.90 Å². The number of nitrogens with zero attached hydrogens (tertiary/aromatic N) is 1. The lowest BCUT2D eigenvalue weighted by molar-refractivity contribution is -0.150. The molecule has 0 atom stereocenters. The van der Waals surface area contributed by atoms with E-state index in [1.807, 2.05) is 45.2 Å². The van der Waals surface area contributed by atoms with Gasteiger partial charge in [-0.15, -0.1) is 0 Å². The number of hydrogen-bond donors (Lipinski definition) is 1. The Hall–Kier alpha value is -1.06. The summed E-state index contributed by atoms with van der Waals surface area (Å²) in [6.07, 6.45) is 1.29. The van der Waals surface area contributed by atoms with Crippen LogP contribution < -0.4 is 0 Å². The van der Waals surface area contributed by atoms with Gasteiger partial charge in [-0.3, -0.25) is 4.79 Å². The Morgan fingerprint density at radius 3 is 2.21 bits per heavy atom. The van der Waals surface area contributed by atoms with Gasteiger partial charge >= 0.3 is 5.97 Å². The summed E-state index contributed by atoms with van der Waals surface area (Å²) < 4.78 is 0. The maximum atomic E-state index is 11.5. The topological polar surface area (TPSA) is 40.5 Å². The fourth-order valence-electron chi connectivity index (χ4n) is 2.32. The van der Waals surface area contributed by atoms with Crippen LogP contribution in [0.4, 0.5) is 0 Å². The number of rotatable bonds is 7. The first-order chi connectivity index (χ1) is 8.93. The molecule has 0 bridgehead atoms. The molecule has 0 unspecified atom stereocenters. The van der Waals surface area contributed by atoms with Gasteiger partial charge in [0.2, 0.25) is 0 Å². The van der Waals surface area contributed by atoms with Crippen LogP contribution in [0, 0.1) is 5.41 Å². The first-order valence-corrected chi connectivity index (χ1v) is 6.97. The summed E-state index contributed by atoms with van der Waals surface area (Å²) in [6.45, 7) is 5.16. The van der Waals surface area contributed by atoms with Crippen LogP contribution in [0.25, 0.3) is 0 Å². The molecule has 4 heteroatoms. The van der Waals surface area contributed by atoms with Gasteiger partial charge in [0.25, 0.3) is 0 Å². The number of hydrogen-bond acceptors (Lipinski definition) is 2. The highest BCUT2D eigenvalue weighted by Crippen LogP contribution is 2.28. The van der Waals surface area contributed by atoms with E-state index in [-0.39, 0.29) is 0 Å². The number of aliphatic carboxylic acids is 1. The molecule has 0 aliphatic rings. The van der Waals surface area contributed by atoms with Gasteiger partial charge in [0.15, 0.2) is 0 Å². The average Bonchev–Trinajstić information content (AvgIpc) is 2.38. The Balaban J connectivity index is 2.70. The third-order valence-electron chi connectivity index (χ3n) is 3.75. The van der Waals surface area contributed by atoms with Crippen LogP contribution in [0.1, 0.15) is 32.3 Å². The van der Waals surface area contributed by atoms with Gasteiger partial charge in [-0.05, 0) is 37.6 Å². The minimum Gasteiger partial charge on any atom is -0.481 e. The molecule has 3 nitrogen and oxygen atoms in total. The molecule has 0 aromatic heterocycles. The molecule has 1 rings (SSSR count). The second kappa shape index (κ2) is 6.92. The highest BCUT2D eigenvalue weighted by Gasteiger charge is 2.35.